The van der Waals surface area contributed by atoms with Crippen LogP contribution in [0.1, 0.15) is 25.2 Å². The molecule has 0 radical (unpaired) electrons. The summed E-state index contributed by atoms with van der Waals surface area (Å²) in [6.45, 7) is 4.17. The third-order valence-electron chi connectivity index (χ3n) is 2.97. The van der Waals surface area contributed by atoms with Crippen LogP contribution in [0.4, 0.5) is 5.82 Å². The molecule has 0 aromatic carbocycles. The van der Waals surface area contributed by atoms with Gasteiger partial charge in [-0.2, -0.15) is 5.10 Å². The molecular formula is C13H18BrN5. The topological polar surface area (TPSA) is 55.6 Å². The van der Waals surface area contributed by atoms with E-state index in [1.54, 1.807) is 0 Å². The summed E-state index contributed by atoms with van der Waals surface area (Å²) >= 11 is 3.54. The SMILES string of the molecule is CCc1nn(C)cc1-c1nc(CC)c(Br)c(NC)n1. The van der Waals surface area contributed by atoms with E-state index < -0.39 is 0 Å². The van der Waals surface area contributed by atoms with Crippen LogP contribution in [0.5, 0.6) is 0 Å². The third kappa shape index (κ3) is 2.63. The Bertz CT molecular complexity index is 566. The zero-order chi connectivity index (χ0) is 14.0. The maximum absolute atomic E-state index is 4.64. The highest BCUT2D eigenvalue weighted by Crippen LogP contribution is 2.28. The highest BCUT2D eigenvalue weighted by Gasteiger charge is 2.15. The van der Waals surface area contributed by atoms with Crippen molar-refractivity contribution < 1.29 is 0 Å². The van der Waals surface area contributed by atoms with E-state index in [0.717, 1.165) is 45.9 Å². The molecule has 2 rings (SSSR count). The molecule has 6 heteroatoms. The van der Waals surface area contributed by atoms with E-state index in [9.17, 15) is 0 Å². The van der Waals surface area contributed by atoms with Gasteiger partial charge in [-0.3, -0.25) is 4.68 Å². The van der Waals surface area contributed by atoms with Crippen molar-refractivity contribution in [3.63, 3.8) is 0 Å². The second-order valence-corrected chi connectivity index (χ2v) is 5.07. The Morgan fingerprint density at radius 1 is 1.21 bits per heavy atom. The molecular weight excluding hydrogens is 306 g/mol. The maximum Gasteiger partial charge on any atom is 0.165 e. The van der Waals surface area contributed by atoms with Crippen molar-refractivity contribution in [1.82, 2.24) is 19.7 Å². The molecule has 0 aliphatic carbocycles. The Hall–Kier alpha value is -1.43. The zero-order valence-electron chi connectivity index (χ0n) is 11.7. The van der Waals surface area contributed by atoms with E-state index >= 15 is 0 Å². The summed E-state index contributed by atoms with van der Waals surface area (Å²) in [6.07, 6.45) is 3.69. The molecule has 102 valence electrons. The molecule has 0 aliphatic rings. The largest absolute Gasteiger partial charge is 0.372 e. The van der Waals surface area contributed by atoms with Gasteiger partial charge in [0, 0.05) is 20.3 Å². The number of nitrogens with one attached hydrogen (secondary N) is 1. The second-order valence-electron chi connectivity index (χ2n) is 4.28. The van der Waals surface area contributed by atoms with Gasteiger partial charge in [-0.15, -0.1) is 0 Å². The monoisotopic (exact) mass is 323 g/mol. The molecule has 0 atom stereocenters. The minimum Gasteiger partial charge on any atom is -0.372 e. The molecule has 2 heterocycles. The molecule has 1 N–H and O–H groups in total. The molecule has 0 saturated carbocycles. The molecule has 0 fully saturated rings. The molecule has 0 saturated heterocycles. The summed E-state index contributed by atoms with van der Waals surface area (Å²) in [5.41, 5.74) is 3.03. The van der Waals surface area contributed by atoms with Gasteiger partial charge < -0.3 is 5.32 Å². The van der Waals surface area contributed by atoms with Crippen LogP contribution in [-0.2, 0) is 19.9 Å². The fourth-order valence-electron chi connectivity index (χ4n) is 2.00. The Kier molecular flexibility index (Phi) is 4.19. The van der Waals surface area contributed by atoms with Crippen molar-refractivity contribution in [2.24, 2.45) is 7.05 Å². The summed E-state index contributed by atoms with van der Waals surface area (Å²) in [6, 6.07) is 0. The van der Waals surface area contributed by atoms with Crippen molar-refractivity contribution in [1.29, 1.82) is 0 Å². The Morgan fingerprint density at radius 3 is 2.47 bits per heavy atom. The summed E-state index contributed by atoms with van der Waals surface area (Å²) in [5.74, 6) is 1.54. The summed E-state index contributed by atoms with van der Waals surface area (Å²) in [7, 11) is 3.78. The number of hydrogen-bond acceptors (Lipinski definition) is 4. The van der Waals surface area contributed by atoms with Crippen LogP contribution < -0.4 is 5.32 Å². The van der Waals surface area contributed by atoms with Crippen LogP contribution >= 0.6 is 15.9 Å². The number of anilines is 1. The predicted molar refractivity (Wildman–Crippen MR) is 80.2 cm³/mol. The van der Waals surface area contributed by atoms with Gasteiger partial charge in [-0.05, 0) is 28.8 Å². The van der Waals surface area contributed by atoms with Gasteiger partial charge in [0.2, 0.25) is 0 Å². The van der Waals surface area contributed by atoms with Crippen molar-refractivity contribution >= 4 is 21.7 Å². The van der Waals surface area contributed by atoms with Gasteiger partial charge in [0.15, 0.2) is 5.82 Å². The maximum atomic E-state index is 4.64. The van der Waals surface area contributed by atoms with Crippen LogP contribution in [0, 0.1) is 0 Å². The van der Waals surface area contributed by atoms with Crippen molar-refractivity contribution in [2.75, 3.05) is 12.4 Å². The number of halogens is 1. The van der Waals surface area contributed by atoms with Crippen molar-refractivity contribution in [3.05, 3.63) is 22.1 Å². The minimum absolute atomic E-state index is 0.731. The number of nitrogens with zero attached hydrogens (tertiary/aromatic N) is 4. The lowest BCUT2D eigenvalue weighted by atomic mass is 10.2. The third-order valence-corrected chi connectivity index (χ3v) is 3.81. The first kappa shape index (κ1) is 14.0. The Morgan fingerprint density at radius 2 is 1.89 bits per heavy atom. The van der Waals surface area contributed by atoms with Gasteiger partial charge in [-0.25, -0.2) is 9.97 Å². The summed E-state index contributed by atoms with van der Waals surface area (Å²) in [5, 5.41) is 7.54. The average Bonchev–Trinajstić information content (AvgIpc) is 2.80. The molecule has 0 unspecified atom stereocenters. The minimum atomic E-state index is 0.731. The Balaban J connectivity index is 2.61. The first-order valence-electron chi connectivity index (χ1n) is 6.37. The van der Waals surface area contributed by atoms with Gasteiger partial charge >= 0.3 is 0 Å². The van der Waals surface area contributed by atoms with Crippen molar-refractivity contribution in [2.45, 2.75) is 26.7 Å². The fraction of sp³-hybridized carbons (Fsp3) is 0.462. The lowest BCUT2D eigenvalue weighted by Crippen LogP contribution is -2.03. The van der Waals surface area contributed by atoms with Crippen molar-refractivity contribution in [3.8, 4) is 11.4 Å². The summed E-state index contributed by atoms with van der Waals surface area (Å²) < 4.78 is 2.74. The van der Waals surface area contributed by atoms with E-state index in [1.165, 1.54) is 0 Å². The highest BCUT2D eigenvalue weighted by atomic mass is 79.9. The van der Waals surface area contributed by atoms with Crippen LogP contribution in [-0.4, -0.2) is 26.8 Å². The molecule has 0 amide bonds. The molecule has 5 nitrogen and oxygen atoms in total. The zero-order valence-corrected chi connectivity index (χ0v) is 13.2. The predicted octanol–water partition coefficient (Wildman–Crippen LogP) is 2.81. The number of aromatic nitrogens is 4. The second kappa shape index (κ2) is 5.69. The van der Waals surface area contributed by atoms with Gasteiger partial charge in [0.05, 0.1) is 21.4 Å². The van der Waals surface area contributed by atoms with E-state index in [0.29, 0.717) is 0 Å². The smallest absolute Gasteiger partial charge is 0.165 e. The molecule has 0 spiro atoms. The highest BCUT2D eigenvalue weighted by molar-refractivity contribution is 9.10. The molecule has 0 aliphatic heterocycles. The normalized spacial score (nSPS) is 10.8. The van der Waals surface area contributed by atoms with E-state index in [4.69, 9.17) is 0 Å². The van der Waals surface area contributed by atoms with E-state index in [-0.39, 0.29) is 0 Å². The Labute approximate surface area is 121 Å². The number of rotatable bonds is 4. The van der Waals surface area contributed by atoms with E-state index in [2.05, 4.69) is 50.2 Å². The lowest BCUT2D eigenvalue weighted by Gasteiger charge is -2.09. The first-order valence-corrected chi connectivity index (χ1v) is 7.17. The lowest BCUT2D eigenvalue weighted by molar-refractivity contribution is 0.746. The molecule has 2 aromatic rings. The number of hydrogen-bond donors (Lipinski definition) is 1. The number of aryl methyl sites for hydroxylation is 3. The molecule has 2 aromatic heterocycles. The van der Waals surface area contributed by atoms with Gasteiger partial charge in [0.1, 0.15) is 5.82 Å². The van der Waals surface area contributed by atoms with Crippen LogP contribution in [0.25, 0.3) is 11.4 Å². The van der Waals surface area contributed by atoms with E-state index in [1.807, 2.05) is 25.0 Å². The fourth-order valence-corrected chi connectivity index (χ4v) is 2.65. The molecule has 0 bridgehead atoms. The standard InChI is InChI=1S/C13H18BrN5/c1-5-9-8(7-19(4)18-9)12-16-10(6-2)11(14)13(15-3)17-12/h7H,5-6H2,1-4H3,(H,15,16,17). The average molecular weight is 324 g/mol. The van der Waals surface area contributed by atoms with Crippen LogP contribution in [0.3, 0.4) is 0 Å². The quantitative estimate of drug-likeness (QED) is 0.940. The molecule has 19 heavy (non-hydrogen) atoms. The van der Waals surface area contributed by atoms with Gasteiger partial charge in [0.25, 0.3) is 0 Å². The van der Waals surface area contributed by atoms with Crippen LogP contribution in [0.15, 0.2) is 10.7 Å². The first-order chi connectivity index (χ1) is 9.10. The van der Waals surface area contributed by atoms with Crippen LogP contribution in [0.2, 0.25) is 0 Å². The summed E-state index contributed by atoms with van der Waals surface area (Å²) in [4.78, 5) is 9.21. The van der Waals surface area contributed by atoms with Gasteiger partial charge in [-0.1, -0.05) is 13.8 Å².